The summed E-state index contributed by atoms with van der Waals surface area (Å²) in [7, 11) is 0. The molecule has 0 spiro atoms. The van der Waals surface area contributed by atoms with E-state index in [1.807, 2.05) is 0 Å². The van der Waals surface area contributed by atoms with Crippen LogP contribution < -0.4 is 0 Å². The molecule has 0 atom stereocenters. The largest absolute Gasteiger partial charge is 0.462 e. The summed E-state index contributed by atoms with van der Waals surface area (Å²) < 4.78 is 4.94. The number of nitriles is 1. The average molecular weight is 203 g/mol. The van der Waals surface area contributed by atoms with E-state index in [1.165, 1.54) is 0 Å². The number of aryl methyl sites for hydroxylation is 2. The molecule has 1 aromatic rings. The van der Waals surface area contributed by atoms with Gasteiger partial charge in [-0.05, 0) is 44.0 Å². The van der Waals surface area contributed by atoms with Gasteiger partial charge in [-0.15, -0.1) is 0 Å². The van der Waals surface area contributed by atoms with E-state index >= 15 is 0 Å². The molecule has 15 heavy (non-hydrogen) atoms. The van der Waals surface area contributed by atoms with Crippen LogP contribution in [0.1, 0.15) is 34.0 Å². The average Bonchev–Trinajstić information content (AvgIpc) is 2.16. The molecule has 0 aliphatic carbocycles. The molecule has 0 amide bonds. The molecule has 1 aromatic carbocycles. The lowest BCUT2D eigenvalue weighted by Crippen LogP contribution is -2.09. The molecule has 3 nitrogen and oxygen atoms in total. The van der Waals surface area contributed by atoms with Crippen molar-refractivity contribution in [3.05, 3.63) is 34.4 Å². The Morgan fingerprint density at radius 2 is 1.93 bits per heavy atom. The summed E-state index contributed by atoms with van der Waals surface area (Å²) in [6.45, 7) is 5.74. The number of esters is 1. The van der Waals surface area contributed by atoms with Crippen molar-refractivity contribution in [2.75, 3.05) is 6.61 Å². The van der Waals surface area contributed by atoms with Gasteiger partial charge in [0.1, 0.15) is 0 Å². The van der Waals surface area contributed by atoms with Crippen LogP contribution in [0.25, 0.3) is 0 Å². The van der Waals surface area contributed by atoms with Crippen molar-refractivity contribution < 1.29 is 9.53 Å². The van der Waals surface area contributed by atoms with Crippen molar-refractivity contribution >= 4 is 5.97 Å². The third-order valence-electron chi connectivity index (χ3n) is 2.14. The number of carbonyl (C=O) groups is 1. The Labute approximate surface area is 89.3 Å². The second kappa shape index (κ2) is 4.61. The smallest absolute Gasteiger partial charge is 0.338 e. The van der Waals surface area contributed by atoms with E-state index in [0.717, 1.165) is 11.1 Å². The van der Waals surface area contributed by atoms with E-state index in [4.69, 9.17) is 10.00 Å². The highest BCUT2D eigenvalue weighted by atomic mass is 16.5. The second-order valence-electron chi connectivity index (χ2n) is 3.32. The van der Waals surface area contributed by atoms with Crippen LogP contribution in [0, 0.1) is 25.2 Å². The standard InChI is InChI=1S/C12H13NO2/c1-4-15-12(14)11-8(2)5-10(7-13)6-9(11)3/h5-6H,4H2,1-3H3. The van der Waals surface area contributed by atoms with Crippen LogP contribution in [0.5, 0.6) is 0 Å². The molecule has 0 bridgehead atoms. The van der Waals surface area contributed by atoms with Crippen LogP contribution in [0.4, 0.5) is 0 Å². The van der Waals surface area contributed by atoms with Crippen LogP contribution in [-0.2, 0) is 4.74 Å². The molecule has 0 radical (unpaired) electrons. The van der Waals surface area contributed by atoms with Gasteiger partial charge in [-0.3, -0.25) is 0 Å². The van der Waals surface area contributed by atoms with Crippen molar-refractivity contribution in [2.45, 2.75) is 20.8 Å². The van der Waals surface area contributed by atoms with Gasteiger partial charge in [-0.1, -0.05) is 0 Å². The lowest BCUT2D eigenvalue weighted by Gasteiger charge is -2.08. The maximum Gasteiger partial charge on any atom is 0.338 e. The zero-order valence-electron chi connectivity index (χ0n) is 9.13. The van der Waals surface area contributed by atoms with Crippen molar-refractivity contribution in [1.29, 1.82) is 5.26 Å². The van der Waals surface area contributed by atoms with E-state index in [2.05, 4.69) is 6.07 Å². The number of rotatable bonds is 2. The van der Waals surface area contributed by atoms with Gasteiger partial charge in [-0.2, -0.15) is 5.26 Å². The Morgan fingerprint density at radius 1 is 1.40 bits per heavy atom. The predicted molar refractivity (Wildman–Crippen MR) is 56.6 cm³/mol. The van der Waals surface area contributed by atoms with E-state index in [0.29, 0.717) is 17.7 Å². The Bertz CT molecular complexity index is 407. The normalized spacial score (nSPS) is 9.47. The van der Waals surface area contributed by atoms with E-state index < -0.39 is 0 Å². The van der Waals surface area contributed by atoms with Gasteiger partial charge in [0.25, 0.3) is 0 Å². The van der Waals surface area contributed by atoms with Crippen molar-refractivity contribution in [3.8, 4) is 6.07 Å². The molecule has 0 saturated carbocycles. The highest BCUT2D eigenvalue weighted by molar-refractivity contribution is 5.92. The predicted octanol–water partition coefficient (Wildman–Crippen LogP) is 2.35. The molecule has 0 N–H and O–H groups in total. The SMILES string of the molecule is CCOC(=O)c1c(C)cc(C#N)cc1C. The van der Waals surface area contributed by atoms with Gasteiger partial charge in [0.2, 0.25) is 0 Å². The Hall–Kier alpha value is -1.82. The number of nitrogens with zero attached hydrogens (tertiary/aromatic N) is 1. The summed E-state index contributed by atoms with van der Waals surface area (Å²) in [5, 5.41) is 8.75. The van der Waals surface area contributed by atoms with Gasteiger partial charge in [-0.25, -0.2) is 4.79 Å². The summed E-state index contributed by atoms with van der Waals surface area (Å²) in [5.74, 6) is -0.322. The summed E-state index contributed by atoms with van der Waals surface area (Å²) in [6, 6.07) is 5.44. The lowest BCUT2D eigenvalue weighted by atomic mass is 10.00. The summed E-state index contributed by atoms with van der Waals surface area (Å²) in [5.41, 5.74) is 2.70. The summed E-state index contributed by atoms with van der Waals surface area (Å²) in [4.78, 5) is 11.6. The first-order valence-electron chi connectivity index (χ1n) is 4.78. The topological polar surface area (TPSA) is 50.1 Å². The first-order valence-corrected chi connectivity index (χ1v) is 4.78. The summed E-state index contributed by atoms with van der Waals surface area (Å²) in [6.07, 6.45) is 0. The van der Waals surface area contributed by atoms with Crippen LogP contribution in [0.15, 0.2) is 12.1 Å². The van der Waals surface area contributed by atoms with E-state index in [-0.39, 0.29) is 5.97 Å². The van der Waals surface area contributed by atoms with Crippen LogP contribution in [0.2, 0.25) is 0 Å². The fraction of sp³-hybridized carbons (Fsp3) is 0.333. The van der Waals surface area contributed by atoms with Crippen LogP contribution >= 0.6 is 0 Å². The van der Waals surface area contributed by atoms with Gasteiger partial charge < -0.3 is 4.74 Å². The van der Waals surface area contributed by atoms with Crippen molar-refractivity contribution in [2.24, 2.45) is 0 Å². The van der Waals surface area contributed by atoms with Crippen LogP contribution in [0.3, 0.4) is 0 Å². The lowest BCUT2D eigenvalue weighted by molar-refractivity contribution is 0.0524. The first-order chi connectivity index (χ1) is 7.10. The van der Waals surface area contributed by atoms with E-state index in [1.54, 1.807) is 32.9 Å². The third kappa shape index (κ3) is 2.35. The Balaban J connectivity index is 3.21. The highest BCUT2D eigenvalue weighted by Crippen LogP contribution is 2.17. The summed E-state index contributed by atoms with van der Waals surface area (Å²) >= 11 is 0. The second-order valence-corrected chi connectivity index (χ2v) is 3.32. The Kier molecular flexibility index (Phi) is 3.46. The zero-order valence-corrected chi connectivity index (χ0v) is 9.13. The molecule has 0 fully saturated rings. The number of hydrogen-bond acceptors (Lipinski definition) is 3. The minimum absolute atomic E-state index is 0.322. The Morgan fingerprint density at radius 3 is 2.33 bits per heavy atom. The van der Waals surface area contributed by atoms with Crippen molar-refractivity contribution in [1.82, 2.24) is 0 Å². The zero-order chi connectivity index (χ0) is 11.4. The van der Waals surface area contributed by atoms with E-state index in [9.17, 15) is 4.79 Å². The number of ether oxygens (including phenoxy) is 1. The van der Waals surface area contributed by atoms with Gasteiger partial charge in [0.15, 0.2) is 0 Å². The molecule has 0 saturated heterocycles. The fourth-order valence-electron chi connectivity index (χ4n) is 1.55. The number of benzene rings is 1. The molecular formula is C12H13NO2. The monoisotopic (exact) mass is 203 g/mol. The molecule has 3 heteroatoms. The van der Waals surface area contributed by atoms with Gasteiger partial charge >= 0.3 is 5.97 Å². The molecule has 0 unspecified atom stereocenters. The van der Waals surface area contributed by atoms with Gasteiger partial charge in [0, 0.05) is 0 Å². The van der Waals surface area contributed by atoms with Crippen molar-refractivity contribution in [3.63, 3.8) is 0 Å². The first kappa shape index (κ1) is 11.3. The molecule has 78 valence electrons. The molecular weight excluding hydrogens is 190 g/mol. The maximum atomic E-state index is 11.6. The minimum Gasteiger partial charge on any atom is -0.462 e. The van der Waals surface area contributed by atoms with Gasteiger partial charge in [0.05, 0.1) is 23.8 Å². The fourth-order valence-corrected chi connectivity index (χ4v) is 1.55. The molecule has 0 aliphatic rings. The maximum absolute atomic E-state index is 11.6. The highest BCUT2D eigenvalue weighted by Gasteiger charge is 2.13. The third-order valence-corrected chi connectivity index (χ3v) is 2.14. The molecule has 0 aliphatic heterocycles. The quantitative estimate of drug-likeness (QED) is 0.693. The van der Waals surface area contributed by atoms with Crippen LogP contribution in [-0.4, -0.2) is 12.6 Å². The minimum atomic E-state index is -0.322. The molecule has 0 heterocycles. The molecule has 1 rings (SSSR count). The number of hydrogen-bond donors (Lipinski definition) is 0. The molecule has 0 aromatic heterocycles. The number of carbonyl (C=O) groups excluding carboxylic acids is 1.